The van der Waals surface area contributed by atoms with Crippen LogP contribution in [0.25, 0.3) is 0 Å². The van der Waals surface area contributed by atoms with E-state index in [1.807, 2.05) is 6.07 Å². The summed E-state index contributed by atoms with van der Waals surface area (Å²) in [5.41, 5.74) is 2.04. The van der Waals surface area contributed by atoms with Gasteiger partial charge in [-0.05, 0) is 42.0 Å². The van der Waals surface area contributed by atoms with Gasteiger partial charge in [-0.2, -0.15) is 0 Å². The third kappa shape index (κ3) is 3.24. The van der Waals surface area contributed by atoms with Gasteiger partial charge in [-0.15, -0.1) is 0 Å². The van der Waals surface area contributed by atoms with E-state index in [1.165, 1.54) is 7.11 Å². The van der Waals surface area contributed by atoms with Crippen LogP contribution in [0.1, 0.15) is 23.5 Å². The van der Waals surface area contributed by atoms with Gasteiger partial charge in [-0.3, -0.25) is 4.79 Å². The molecular weight excluding hydrogens is 320 g/mol. The quantitative estimate of drug-likeness (QED) is 0.783. The predicted octanol–water partition coefficient (Wildman–Crippen LogP) is 2.32. The molecule has 5 atom stereocenters. The fourth-order valence-corrected chi connectivity index (χ4v) is 4.32. The maximum atomic E-state index is 12.3. The topological polar surface area (TPSA) is 54.0 Å². The number of methoxy groups -OCH3 is 4. The zero-order chi connectivity index (χ0) is 18.0. The highest BCUT2D eigenvalue weighted by molar-refractivity contribution is 5.39. The van der Waals surface area contributed by atoms with Crippen LogP contribution < -0.4 is 10.2 Å². The van der Waals surface area contributed by atoms with Crippen molar-refractivity contribution in [2.45, 2.75) is 37.1 Å². The van der Waals surface area contributed by atoms with Gasteiger partial charge in [0.15, 0.2) is 5.75 Å². The lowest BCUT2D eigenvalue weighted by atomic mass is 9.71. The Hall–Kier alpha value is -1.69. The van der Waals surface area contributed by atoms with Crippen molar-refractivity contribution in [3.05, 3.63) is 51.7 Å². The van der Waals surface area contributed by atoms with E-state index in [1.54, 1.807) is 33.5 Å². The third-order valence-corrected chi connectivity index (χ3v) is 5.49. The number of rotatable bonds is 4. The summed E-state index contributed by atoms with van der Waals surface area (Å²) in [6.07, 6.45) is 5.62. The Kier molecular flexibility index (Phi) is 5.57. The average Bonchev–Trinajstić information content (AvgIpc) is 2.88. The fourth-order valence-electron chi connectivity index (χ4n) is 4.32. The van der Waals surface area contributed by atoms with Gasteiger partial charge in [0.2, 0.25) is 5.43 Å². The molecular formula is C20H26O5. The van der Waals surface area contributed by atoms with Crippen LogP contribution in [0.3, 0.4) is 0 Å². The standard InChI is InChI=1S/C20H26O5/c1-22-16-9-8-14-12(10-15(16)21)6-5-7-13-11-17(23-2)19(24-3)20(25-4)18(13)14/h5,7-10,13,17-20H,6,11H2,1-4H3. The summed E-state index contributed by atoms with van der Waals surface area (Å²) < 4.78 is 22.5. The summed E-state index contributed by atoms with van der Waals surface area (Å²) >= 11 is 0. The molecule has 1 fully saturated rings. The Morgan fingerprint density at radius 2 is 1.76 bits per heavy atom. The Morgan fingerprint density at radius 3 is 2.40 bits per heavy atom. The lowest BCUT2D eigenvalue weighted by Gasteiger charge is -2.44. The molecule has 136 valence electrons. The summed E-state index contributed by atoms with van der Waals surface area (Å²) in [7, 11) is 6.64. The van der Waals surface area contributed by atoms with Crippen LogP contribution in [0, 0.1) is 5.92 Å². The highest BCUT2D eigenvalue weighted by Crippen LogP contribution is 2.44. The lowest BCUT2D eigenvalue weighted by Crippen LogP contribution is -2.51. The first-order valence-corrected chi connectivity index (χ1v) is 8.60. The Morgan fingerprint density at radius 1 is 1.00 bits per heavy atom. The van der Waals surface area contributed by atoms with Gasteiger partial charge in [0, 0.05) is 27.2 Å². The Labute approximate surface area is 148 Å². The molecule has 0 saturated heterocycles. The maximum absolute atomic E-state index is 12.3. The third-order valence-electron chi connectivity index (χ3n) is 5.49. The van der Waals surface area contributed by atoms with Crippen molar-refractivity contribution in [2.24, 2.45) is 5.92 Å². The van der Waals surface area contributed by atoms with Crippen molar-refractivity contribution in [3.63, 3.8) is 0 Å². The number of hydrogen-bond acceptors (Lipinski definition) is 5. The molecule has 0 heterocycles. The van der Waals surface area contributed by atoms with Crippen molar-refractivity contribution in [2.75, 3.05) is 28.4 Å². The Balaban J connectivity index is 2.14. The Bertz CT molecular complexity index is 699. The van der Waals surface area contributed by atoms with E-state index in [9.17, 15) is 4.79 Å². The highest BCUT2D eigenvalue weighted by Gasteiger charge is 2.46. The summed E-state index contributed by atoms with van der Waals surface area (Å²) in [5.74, 6) is 0.731. The fraction of sp³-hybridized carbons (Fsp3) is 0.550. The molecule has 0 bridgehead atoms. The van der Waals surface area contributed by atoms with Crippen LogP contribution in [-0.2, 0) is 20.6 Å². The molecule has 1 aromatic carbocycles. The van der Waals surface area contributed by atoms with Crippen LogP contribution >= 0.6 is 0 Å². The largest absolute Gasteiger partial charge is 0.493 e. The van der Waals surface area contributed by atoms with Crippen molar-refractivity contribution in [3.8, 4) is 5.75 Å². The van der Waals surface area contributed by atoms with Crippen LogP contribution in [0.4, 0.5) is 0 Å². The first-order valence-electron chi connectivity index (χ1n) is 8.60. The summed E-state index contributed by atoms with van der Waals surface area (Å²) in [5, 5.41) is 0. The van der Waals surface area contributed by atoms with Gasteiger partial charge in [0.25, 0.3) is 0 Å². The second-order valence-electron chi connectivity index (χ2n) is 6.62. The molecule has 2 aliphatic carbocycles. The van der Waals surface area contributed by atoms with E-state index >= 15 is 0 Å². The molecule has 0 radical (unpaired) electrons. The van der Waals surface area contributed by atoms with E-state index in [0.717, 1.165) is 24.0 Å². The minimum atomic E-state index is -0.158. The summed E-state index contributed by atoms with van der Waals surface area (Å²) in [4.78, 5) is 12.3. The molecule has 5 unspecified atom stereocenters. The van der Waals surface area contributed by atoms with E-state index in [-0.39, 0.29) is 35.6 Å². The van der Waals surface area contributed by atoms with E-state index in [2.05, 4.69) is 12.2 Å². The van der Waals surface area contributed by atoms with E-state index < -0.39 is 0 Å². The molecule has 0 aromatic heterocycles. The molecule has 25 heavy (non-hydrogen) atoms. The molecule has 2 aliphatic rings. The number of ether oxygens (including phenoxy) is 4. The highest BCUT2D eigenvalue weighted by atomic mass is 16.6. The first-order chi connectivity index (χ1) is 12.1. The molecule has 5 heteroatoms. The second kappa shape index (κ2) is 7.68. The van der Waals surface area contributed by atoms with Crippen molar-refractivity contribution >= 4 is 0 Å². The minimum Gasteiger partial charge on any atom is -0.493 e. The summed E-state index contributed by atoms with van der Waals surface area (Å²) in [6.45, 7) is 0. The molecule has 1 saturated carbocycles. The second-order valence-corrected chi connectivity index (χ2v) is 6.62. The van der Waals surface area contributed by atoms with Crippen molar-refractivity contribution < 1.29 is 18.9 Å². The van der Waals surface area contributed by atoms with Crippen LogP contribution in [0.5, 0.6) is 5.75 Å². The number of hydrogen-bond donors (Lipinski definition) is 0. The van der Waals surface area contributed by atoms with Gasteiger partial charge in [0.1, 0.15) is 6.10 Å². The smallest absolute Gasteiger partial charge is 0.220 e. The summed E-state index contributed by atoms with van der Waals surface area (Å²) in [6, 6.07) is 5.46. The van der Waals surface area contributed by atoms with Crippen LogP contribution in [-0.4, -0.2) is 46.8 Å². The lowest BCUT2D eigenvalue weighted by molar-refractivity contribution is -0.145. The zero-order valence-corrected chi connectivity index (χ0v) is 15.2. The van der Waals surface area contributed by atoms with Gasteiger partial charge in [-0.25, -0.2) is 0 Å². The number of fused-ring (bicyclic) bond motifs is 3. The average molecular weight is 346 g/mol. The normalized spacial score (nSPS) is 31.0. The van der Waals surface area contributed by atoms with Crippen LogP contribution in [0.15, 0.2) is 35.1 Å². The monoisotopic (exact) mass is 346 g/mol. The van der Waals surface area contributed by atoms with Gasteiger partial charge in [-0.1, -0.05) is 18.2 Å². The minimum absolute atomic E-state index is 0.0236. The molecule has 3 rings (SSSR count). The molecule has 5 nitrogen and oxygen atoms in total. The molecule has 0 aliphatic heterocycles. The van der Waals surface area contributed by atoms with Gasteiger partial charge < -0.3 is 18.9 Å². The van der Waals surface area contributed by atoms with E-state index in [0.29, 0.717) is 5.75 Å². The van der Waals surface area contributed by atoms with Gasteiger partial charge >= 0.3 is 0 Å². The molecule has 0 spiro atoms. The van der Waals surface area contributed by atoms with Gasteiger partial charge in [0.05, 0.1) is 19.3 Å². The SMILES string of the molecule is COc1ccc2c(cc1=O)CC=CC1CC(OC)C(OC)C(OC)C21. The van der Waals surface area contributed by atoms with Crippen molar-refractivity contribution in [1.82, 2.24) is 0 Å². The van der Waals surface area contributed by atoms with E-state index in [4.69, 9.17) is 18.9 Å². The molecule has 1 aromatic rings. The zero-order valence-electron chi connectivity index (χ0n) is 15.2. The first kappa shape index (κ1) is 18.1. The number of allylic oxidation sites excluding steroid dienone is 2. The van der Waals surface area contributed by atoms with Crippen LogP contribution in [0.2, 0.25) is 0 Å². The molecule has 0 N–H and O–H groups in total. The maximum Gasteiger partial charge on any atom is 0.220 e. The van der Waals surface area contributed by atoms with Crippen molar-refractivity contribution in [1.29, 1.82) is 0 Å². The predicted molar refractivity (Wildman–Crippen MR) is 95.3 cm³/mol. The molecule has 0 amide bonds.